The first-order chi connectivity index (χ1) is 9.20. The Bertz CT molecular complexity index is 673. The molecular formula is C12H9ClN4S2. The van der Waals surface area contributed by atoms with Gasteiger partial charge in [0.1, 0.15) is 16.8 Å². The van der Waals surface area contributed by atoms with Gasteiger partial charge < -0.3 is 5.32 Å². The van der Waals surface area contributed by atoms with E-state index in [1.54, 1.807) is 24.3 Å². The van der Waals surface area contributed by atoms with Gasteiger partial charge in [-0.3, -0.25) is 0 Å². The van der Waals surface area contributed by atoms with E-state index < -0.39 is 0 Å². The minimum absolute atomic E-state index is 0.421. The van der Waals surface area contributed by atoms with E-state index in [9.17, 15) is 0 Å². The molecule has 4 nitrogen and oxygen atoms in total. The first-order valence-corrected chi connectivity index (χ1v) is 7.62. The van der Waals surface area contributed by atoms with Gasteiger partial charge in [-0.2, -0.15) is 0 Å². The molecule has 96 valence electrons. The van der Waals surface area contributed by atoms with Crippen LogP contribution in [-0.2, 0) is 0 Å². The van der Waals surface area contributed by atoms with Gasteiger partial charge in [0, 0.05) is 11.4 Å². The fraction of sp³-hybridized carbons (Fsp3) is 0.0833. The van der Waals surface area contributed by atoms with Crippen LogP contribution in [0.4, 0.5) is 10.9 Å². The van der Waals surface area contributed by atoms with Crippen LogP contribution in [0, 0.1) is 6.92 Å². The van der Waals surface area contributed by atoms with Crippen molar-refractivity contribution in [2.24, 2.45) is 0 Å². The maximum Gasteiger partial charge on any atom is 0.188 e. The maximum absolute atomic E-state index is 5.90. The Morgan fingerprint density at radius 1 is 1.21 bits per heavy atom. The molecule has 0 radical (unpaired) electrons. The SMILES string of the molecule is Cc1nc(Cl)cc(Nc2nc(-c3cccs3)cs2)n1. The summed E-state index contributed by atoms with van der Waals surface area (Å²) in [5.41, 5.74) is 0.972. The zero-order chi connectivity index (χ0) is 13.2. The van der Waals surface area contributed by atoms with Crippen LogP contribution in [0.15, 0.2) is 29.0 Å². The lowest BCUT2D eigenvalue weighted by molar-refractivity contribution is 1.06. The molecule has 0 aliphatic heterocycles. The van der Waals surface area contributed by atoms with E-state index in [1.807, 2.05) is 16.8 Å². The lowest BCUT2D eigenvalue weighted by Crippen LogP contribution is -1.96. The summed E-state index contributed by atoms with van der Waals surface area (Å²) < 4.78 is 0. The van der Waals surface area contributed by atoms with Crippen LogP contribution in [-0.4, -0.2) is 15.0 Å². The Morgan fingerprint density at radius 2 is 2.11 bits per heavy atom. The topological polar surface area (TPSA) is 50.7 Å². The highest BCUT2D eigenvalue weighted by Gasteiger charge is 2.07. The normalized spacial score (nSPS) is 10.6. The van der Waals surface area contributed by atoms with E-state index in [0.717, 1.165) is 15.7 Å². The fourth-order valence-electron chi connectivity index (χ4n) is 1.57. The molecule has 0 atom stereocenters. The van der Waals surface area contributed by atoms with Gasteiger partial charge in [-0.05, 0) is 18.4 Å². The molecule has 1 N–H and O–H groups in total. The number of rotatable bonds is 3. The molecular weight excluding hydrogens is 300 g/mol. The minimum Gasteiger partial charge on any atom is -0.316 e. The molecule has 0 saturated heterocycles. The van der Waals surface area contributed by atoms with E-state index in [4.69, 9.17) is 11.6 Å². The summed E-state index contributed by atoms with van der Waals surface area (Å²) in [7, 11) is 0. The molecule has 0 aliphatic carbocycles. The Balaban J connectivity index is 1.84. The second-order valence-corrected chi connectivity index (χ2v) is 5.96. The molecule has 3 aromatic rings. The van der Waals surface area contributed by atoms with Gasteiger partial charge in [0.2, 0.25) is 0 Å². The number of anilines is 2. The van der Waals surface area contributed by atoms with Crippen molar-refractivity contribution in [2.45, 2.75) is 6.92 Å². The summed E-state index contributed by atoms with van der Waals surface area (Å²) in [5, 5.41) is 8.41. The Hall–Kier alpha value is -1.50. The number of thiophene rings is 1. The lowest BCUT2D eigenvalue weighted by Gasteiger charge is -2.02. The van der Waals surface area contributed by atoms with Crippen LogP contribution >= 0.6 is 34.3 Å². The van der Waals surface area contributed by atoms with Crippen LogP contribution < -0.4 is 5.32 Å². The number of nitrogens with zero attached hydrogens (tertiary/aromatic N) is 3. The molecule has 7 heteroatoms. The molecule has 0 aliphatic rings. The number of hydrogen-bond donors (Lipinski definition) is 1. The predicted octanol–water partition coefficient (Wildman–Crippen LogP) is 4.37. The van der Waals surface area contributed by atoms with Crippen LogP contribution in [0.1, 0.15) is 5.82 Å². The first kappa shape index (κ1) is 12.5. The number of hydrogen-bond acceptors (Lipinski definition) is 6. The Morgan fingerprint density at radius 3 is 2.84 bits per heavy atom. The lowest BCUT2D eigenvalue weighted by atomic mass is 10.4. The average Bonchev–Trinajstić information content (AvgIpc) is 2.96. The van der Waals surface area contributed by atoms with Crippen LogP contribution in [0.3, 0.4) is 0 Å². The molecule has 19 heavy (non-hydrogen) atoms. The van der Waals surface area contributed by atoms with Gasteiger partial charge in [-0.1, -0.05) is 17.7 Å². The standard InChI is InChI=1S/C12H9ClN4S2/c1-7-14-10(13)5-11(15-7)17-12-16-8(6-19-12)9-3-2-4-18-9/h2-6H,1H3,(H,14,15,16,17). The number of halogens is 1. The third kappa shape index (κ3) is 2.91. The zero-order valence-electron chi connectivity index (χ0n) is 9.92. The van der Waals surface area contributed by atoms with Crippen molar-refractivity contribution in [1.29, 1.82) is 0 Å². The number of nitrogens with one attached hydrogen (secondary N) is 1. The molecule has 3 aromatic heterocycles. The van der Waals surface area contributed by atoms with Crippen LogP contribution in [0.5, 0.6) is 0 Å². The van der Waals surface area contributed by atoms with Crippen molar-refractivity contribution in [3.05, 3.63) is 39.9 Å². The third-order valence-corrected chi connectivity index (χ3v) is 4.16. The largest absolute Gasteiger partial charge is 0.316 e. The van der Waals surface area contributed by atoms with Crippen LogP contribution in [0.2, 0.25) is 5.15 Å². The van der Waals surface area contributed by atoms with Crippen molar-refractivity contribution in [3.63, 3.8) is 0 Å². The van der Waals surface area contributed by atoms with E-state index in [1.165, 1.54) is 11.3 Å². The smallest absolute Gasteiger partial charge is 0.188 e. The van der Waals surface area contributed by atoms with Gasteiger partial charge in [-0.25, -0.2) is 15.0 Å². The van der Waals surface area contributed by atoms with Gasteiger partial charge in [0.05, 0.1) is 10.6 Å². The fourth-order valence-corrected chi connectivity index (χ4v) is 3.28. The molecule has 0 amide bonds. The second kappa shape index (κ2) is 5.24. The summed E-state index contributed by atoms with van der Waals surface area (Å²) in [5.74, 6) is 1.29. The van der Waals surface area contributed by atoms with Gasteiger partial charge in [0.15, 0.2) is 5.13 Å². The molecule has 3 heterocycles. The summed E-state index contributed by atoms with van der Waals surface area (Å²) in [6.45, 7) is 1.80. The highest BCUT2D eigenvalue weighted by atomic mass is 35.5. The minimum atomic E-state index is 0.421. The monoisotopic (exact) mass is 308 g/mol. The second-order valence-electron chi connectivity index (χ2n) is 3.76. The predicted molar refractivity (Wildman–Crippen MR) is 80.5 cm³/mol. The Labute approximate surface area is 123 Å². The van der Waals surface area contributed by atoms with Crippen molar-refractivity contribution in [1.82, 2.24) is 15.0 Å². The van der Waals surface area contributed by atoms with Crippen molar-refractivity contribution in [2.75, 3.05) is 5.32 Å². The van der Waals surface area contributed by atoms with Crippen molar-refractivity contribution in [3.8, 4) is 10.6 Å². The number of thiazole rings is 1. The first-order valence-electron chi connectivity index (χ1n) is 5.48. The maximum atomic E-state index is 5.90. The highest BCUT2D eigenvalue weighted by Crippen LogP contribution is 2.29. The number of aryl methyl sites for hydroxylation is 1. The van der Waals surface area contributed by atoms with Gasteiger partial charge in [0.25, 0.3) is 0 Å². The van der Waals surface area contributed by atoms with E-state index in [0.29, 0.717) is 16.8 Å². The summed E-state index contributed by atoms with van der Waals surface area (Å²) in [6.07, 6.45) is 0. The summed E-state index contributed by atoms with van der Waals surface area (Å²) in [4.78, 5) is 14.0. The quantitative estimate of drug-likeness (QED) is 0.730. The summed E-state index contributed by atoms with van der Waals surface area (Å²) >= 11 is 9.10. The average molecular weight is 309 g/mol. The molecule has 0 aromatic carbocycles. The third-order valence-electron chi connectivity index (χ3n) is 2.32. The number of aromatic nitrogens is 3. The van der Waals surface area contributed by atoms with Crippen molar-refractivity contribution < 1.29 is 0 Å². The molecule has 0 saturated carbocycles. The summed E-state index contributed by atoms with van der Waals surface area (Å²) in [6, 6.07) is 5.75. The van der Waals surface area contributed by atoms with Crippen LogP contribution in [0.25, 0.3) is 10.6 Å². The van der Waals surface area contributed by atoms with E-state index in [2.05, 4.69) is 26.3 Å². The van der Waals surface area contributed by atoms with E-state index in [-0.39, 0.29) is 0 Å². The Kier molecular flexibility index (Phi) is 3.46. The molecule has 0 unspecified atom stereocenters. The van der Waals surface area contributed by atoms with Crippen molar-refractivity contribution >= 4 is 45.2 Å². The van der Waals surface area contributed by atoms with Gasteiger partial charge >= 0.3 is 0 Å². The zero-order valence-corrected chi connectivity index (χ0v) is 12.3. The van der Waals surface area contributed by atoms with Gasteiger partial charge in [-0.15, -0.1) is 22.7 Å². The molecule has 0 fully saturated rings. The molecule has 0 spiro atoms. The molecule has 0 bridgehead atoms. The van der Waals surface area contributed by atoms with E-state index >= 15 is 0 Å². The molecule has 3 rings (SSSR count). The highest BCUT2D eigenvalue weighted by molar-refractivity contribution is 7.16.